The fourth-order valence-electron chi connectivity index (χ4n) is 6.02. The van der Waals surface area contributed by atoms with Crippen LogP contribution in [0.1, 0.15) is 38.7 Å². The molecule has 0 bridgehead atoms. The smallest absolute Gasteiger partial charge is 0.321 e. The minimum atomic E-state index is -0.268. The van der Waals surface area contributed by atoms with Crippen LogP contribution >= 0.6 is 0 Å². The average molecular weight is 413 g/mol. The van der Waals surface area contributed by atoms with Crippen molar-refractivity contribution in [2.45, 2.75) is 40.0 Å². The Kier molecular flexibility index (Phi) is 5.56. The summed E-state index contributed by atoms with van der Waals surface area (Å²) in [5.74, 6) is 0.915. The molecule has 0 aromatic heterocycles. The maximum Gasteiger partial charge on any atom is 0.321 e. The Labute approximate surface area is 180 Å². The van der Waals surface area contributed by atoms with Crippen LogP contribution in [0.15, 0.2) is 24.3 Å². The van der Waals surface area contributed by atoms with E-state index in [2.05, 4.69) is 24.1 Å². The van der Waals surface area contributed by atoms with Gasteiger partial charge in [0, 0.05) is 57.4 Å². The highest BCUT2D eigenvalue weighted by Gasteiger charge is 2.64. The molecule has 0 aliphatic carbocycles. The van der Waals surface area contributed by atoms with Crippen molar-refractivity contribution in [3.05, 3.63) is 29.8 Å². The van der Waals surface area contributed by atoms with Gasteiger partial charge in [0.25, 0.3) is 0 Å². The van der Waals surface area contributed by atoms with E-state index in [4.69, 9.17) is 0 Å². The topological polar surface area (TPSA) is 55.9 Å². The van der Waals surface area contributed by atoms with E-state index in [-0.39, 0.29) is 16.9 Å². The lowest BCUT2D eigenvalue weighted by Gasteiger charge is -2.46. The number of carbonyl (C=O) groups excluding carboxylic acids is 2. The minimum absolute atomic E-state index is 0.00955. The van der Waals surface area contributed by atoms with Crippen molar-refractivity contribution in [2.24, 2.45) is 16.7 Å². The first kappa shape index (κ1) is 21.2. The van der Waals surface area contributed by atoms with Crippen LogP contribution in [0, 0.1) is 23.7 Å². The molecule has 6 heteroatoms. The average Bonchev–Trinajstić information content (AvgIpc) is 3.15. The summed E-state index contributed by atoms with van der Waals surface area (Å²) >= 11 is 0. The summed E-state index contributed by atoms with van der Waals surface area (Å²) in [6.07, 6.45) is 2.76. The van der Waals surface area contributed by atoms with Crippen molar-refractivity contribution in [3.63, 3.8) is 0 Å². The van der Waals surface area contributed by atoms with Crippen molar-refractivity contribution >= 4 is 17.6 Å². The number of anilines is 1. The summed E-state index contributed by atoms with van der Waals surface area (Å²) in [7, 11) is 1.94. The minimum Gasteiger partial charge on any atom is -0.345 e. The molecule has 3 fully saturated rings. The Morgan fingerprint density at radius 3 is 2.30 bits per heavy atom. The Bertz CT molecular complexity index is 798. The van der Waals surface area contributed by atoms with Gasteiger partial charge in [-0.05, 0) is 44.2 Å². The third-order valence-electron chi connectivity index (χ3n) is 7.60. The number of nitrogens with zero attached hydrogens (tertiary/aromatic N) is 3. The van der Waals surface area contributed by atoms with E-state index in [1.54, 1.807) is 0 Å². The number of amides is 3. The monoisotopic (exact) mass is 412 g/mol. The van der Waals surface area contributed by atoms with E-state index in [1.807, 2.05) is 48.0 Å². The van der Waals surface area contributed by atoms with Crippen LogP contribution in [0.5, 0.6) is 0 Å². The Morgan fingerprint density at radius 1 is 1.07 bits per heavy atom. The van der Waals surface area contributed by atoms with Gasteiger partial charge in [-0.25, -0.2) is 4.79 Å². The van der Waals surface area contributed by atoms with Crippen LogP contribution in [0.25, 0.3) is 0 Å². The molecule has 3 heterocycles. The molecule has 3 saturated heterocycles. The molecule has 0 radical (unpaired) electrons. The van der Waals surface area contributed by atoms with E-state index in [1.165, 1.54) is 5.56 Å². The lowest BCUT2D eigenvalue weighted by molar-refractivity contribution is -0.141. The van der Waals surface area contributed by atoms with Crippen LogP contribution in [0.2, 0.25) is 0 Å². The van der Waals surface area contributed by atoms with Crippen molar-refractivity contribution in [1.82, 2.24) is 14.7 Å². The molecule has 3 aliphatic rings. The number of hydrogen-bond acceptors (Lipinski definition) is 3. The molecule has 3 aliphatic heterocycles. The van der Waals surface area contributed by atoms with Gasteiger partial charge in [0.15, 0.2) is 0 Å². The van der Waals surface area contributed by atoms with Crippen LogP contribution in [0.3, 0.4) is 0 Å². The van der Waals surface area contributed by atoms with Gasteiger partial charge in [0.1, 0.15) is 0 Å². The standard InChI is InChI=1S/C24H36N4O2/c1-18(2)15-27-16-23(24(17-27)11-12-26(4)21(24)29)9-13-28(14-10-23)22(30)25-20-7-5-19(3)6-8-20/h5-8,18H,9-17H2,1-4H3,(H,25,30)/t24-/m1/s1. The maximum absolute atomic E-state index is 13.3. The van der Waals surface area contributed by atoms with Crippen molar-refractivity contribution in [2.75, 3.05) is 51.6 Å². The van der Waals surface area contributed by atoms with Crippen molar-refractivity contribution in [3.8, 4) is 0 Å². The van der Waals surface area contributed by atoms with Crippen LogP contribution in [0.4, 0.5) is 10.5 Å². The second kappa shape index (κ2) is 7.88. The number of benzene rings is 1. The quantitative estimate of drug-likeness (QED) is 0.828. The maximum atomic E-state index is 13.3. The fourth-order valence-corrected chi connectivity index (χ4v) is 6.02. The first-order valence-electron chi connectivity index (χ1n) is 11.4. The predicted molar refractivity (Wildman–Crippen MR) is 119 cm³/mol. The zero-order valence-electron chi connectivity index (χ0n) is 18.9. The zero-order valence-corrected chi connectivity index (χ0v) is 18.9. The SMILES string of the molecule is Cc1ccc(NC(=O)N2CCC3(CC2)CN(CC(C)C)C[C@@]32CCN(C)C2=O)cc1. The fraction of sp³-hybridized carbons (Fsp3) is 0.667. The first-order chi connectivity index (χ1) is 14.2. The van der Waals surface area contributed by atoms with Crippen molar-refractivity contribution in [1.29, 1.82) is 0 Å². The molecule has 30 heavy (non-hydrogen) atoms. The van der Waals surface area contributed by atoms with Gasteiger partial charge in [0.2, 0.25) is 5.91 Å². The Balaban J connectivity index is 1.47. The molecule has 1 aromatic carbocycles. The summed E-state index contributed by atoms with van der Waals surface area (Å²) in [6.45, 7) is 11.7. The molecular formula is C24H36N4O2. The molecule has 0 saturated carbocycles. The summed E-state index contributed by atoms with van der Waals surface area (Å²) in [4.78, 5) is 32.5. The Morgan fingerprint density at radius 2 is 1.73 bits per heavy atom. The van der Waals surface area contributed by atoms with E-state index in [0.29, 0.717) is 24.9 Å². The third-order valence-corrected chi connectivity index (χ3v) is 7.60. The molecule has 3 amide bonds. The highest BCUT2D eigenvalue weighted by molar-refractivity contribution is 5.89. The van der Waals surface area contributed by atoms with Crippen LogP contribution < -0.4 is 5.32 Å². The second-order valence-electron chi connectivity index (χ2n) is 10.2. The van der Waals surface area contributed by atoms with Gasteiger partial charge in [-0.3, -0.25) is 4.79 Å². The second-order valence-corrected chi connectivity index (χ2v) is 10.2. The number of fused-ring (bicyclic) bond motifs is 1. The molecule has 1 N–H and O–H groups in total. The summed E-state index contributed by atoms with van der Waals surface area (Å²) in [5.41, 5.74) is 1.73. The number of likely N-dealkylation sites (tertiary alicyclic amines) is 3. The van der Waals surface area contributed by atoms with E-state index in [0.717, 1.165) is 51.1 Å². The molecule has 6 nitrogen and oxygen atoms in total. The molecule has 1 aromatic rings. The zero-order chi connectivity index (χ0) is 21.5. The number of hydrogen-bond donors (Lipinski definition) is 1. The summed E-state index contributed by atoms with van der Waals surface area (Å²) < 4.78 is 0. The Hall–Kier alpha value is -2.08. The highest BCUT2D eigenvalue weighted by Crippen LogP contribution is 2.57. The van der Waals surface area contributed by atoms with Gasteiger partial charge >= 0.3 is 6.03 Å². The third kappa shape index (κ3) is 3.59. The number of urea groups is 1. The van der Waals surface area contributed by atoms with Gasteiger partial charge in [-0.1, -0.05) is 31.5 Å². The van der Waals surface area contributed by atoms with Crippen molar-refractivity contribution < 1.29 is 9.59 Å². The number of nitrogens with one attached hydrogen (secondary N) is 1. The summed E-state index contributed by atoms with van der Waals surface area (Å²) in [5, 5.41) is 3.03. The predicted octanol–water partition coefficient (Wildman–Crippen LogP) is 3.43. The molecular weight excluding hydrogens is 376 g/mol. The van der Waals surface area contributed by atoms with Crippen LogP contribution in [-0.4, -0.2) is 73.0 Å². The van der Waals surface area contributed by atoms with Crippen LogP contribution in [-0.2, 0) is 4.79 Å². The number of piperidine rings is 1. The molecule has 164 valence electrons. The lowest BCUT2D eigenvalue weighted by Crippen LogP contribution is -2.54. The molecule has 4 rings (SSSR count). The van der Waals surface area contributed by atoms with Gasteiger partial charge in [-0.2, -0.15) is 0 Å². The van der Waals surface area contributed by atoms with Gasteiger partial charge in [-0.15, -0.1) is 0 Å². The molecule has 2 spiro atoms. The number of carbonyl (C=O) groups is 2. The lowest BCUT2D eigenvalue weighted by atomic mass is 9.60. The van der Waals surface area contributed by atoms with E-state index in [9.17, 15) is 9.59 Å². The number of rotatable bonds is 3. The van der Waals surface area contributed by atoms with Gasteiger partial charge < -0.3 is 20.0 Å². The normalized spacial score (nSPS) is 26.4. The molecule has 0 unspecified atom stereocenters. The van der Waals surface area contributed by atoms with Gasteiger partial charge in [0.05, 0.1) is 5.41 Å². The highest BCUT2D eigenvalue weighted by atomic mass is 16.2. The summed E-state index contributed by atoms with van der Waals surface area (Å²) in [6, 6.07) is 7.88. The largest absolute Gasteiger partial charge is 0.345 e. The van der Waals surface area contributed by atoms with E-state index >= 15 is 0 Å². The number of aryl methyl sites for hydroxylation is 1. The molecule has 1 atom stereocenters. The van der Waals surface area contributed by atoms with E-state index < -0.39 is 0 Å². The first-order valence-corrected chi connectivity index (χ1v) is 11.4.